The number of piperidine rings is 1. The minimum atomic E-state index is 0.232. The fourth-order valence-corrected chi connectivity index (χ4v) is 1.95. The molecule has 88 valence electrons. The molecule has 0 unspecified atom stereocenters. The number of nitrogens with zero attached hydrogens (tertiary/aromatic N) is 1. The van der Waals surface area contributed by atoms with Gasteiger partial charge in [-0.1, -0.05) is 13.3 Å². The van der Waals surface area contributed by atoms with Crippen LogP contribution in [0.3, 0.4) is 0 Å². The van der Waals surface area contributed by atoms with Crippen molar-refractivity contribution in [3.8, 4) is 0 Å². The van der Waals surface area contributed by atoms with Crippen LogP contribution in [0.25, 0.3) is 0 Å². The minimum absolute atomic E-state index is 0.232. The lowest BCUT2D eigenvalue weighted by molar-refractivity contribution is -0.121. The SMILES string of the molecule is CCCCC(=O)NCC1CCN(C)CC1. The van der Waals surface area contributed by atoms with Gasteiger partial charge in [-0.25, -0.2) is 0 Å². The molecule has 1 amide bonds. The number of carbonyl (C=O) groups excluding carboxylic acids is 1. The zero-order chi connectivity index (χ0) is 11.1. The number of unbranched alkanes of at least 4 members (excludes halogenated alkanes) is 1. The van der Waals surface area contributed by atoms with E-state index in [1.54, 1.807) is 0 Å². The fraction of sp³-hybridized carbons (Fsp3) is 0.917. The van der Waals surface area contributed by atoms with Crippen molar-refractivity contribution in [2.24, 2.45) is 5.92 Å². The largest absolute Gasteiger partial charge is 0.356 e. The molecule has 3 heteroatoms. The fourth-order valence-electron chi connectivity index (χ4n) is 1.95. The van der Waals surface area contributed by atoms with E-state index in [0.29, 0.717) is 12.3 Å². The lowest BCUT2D eigenvalue weighted by Crippen LogP contribution is -2.36. The third-order valence-corrected chi connectivity index (χ3v) is 3.18. The van der Waals surface area contributed by atoms with Crippen molar-refractivity contribution in [3.63, 3.8) is 0 Å². The van der Waals surface area contributed by atoms with E-state index in [1.165, 1.54) is 25.9 Å². The molecule has 1 aliphatic heterocycles. The molecule has 1 fully saturated rings. The van der Waals surface area contributed by atoms with E-state index in [4.69, 9.17) is 0 Å². The highest BCUT2D eigenvalue weighted by molar-refractivity contribution is 5.75. The summed E-state index contributed by atoms with van der Waals surface area (Å²) < 4.78 is 0. The molecule has 0 aromatic heterocycles. The van der Waals surface area contributed by atoms with Gasteiger partial charge in [-0.2, -0.15) is 0 Å². The van der Waals surface area contributed by atoms with Crippen molar-refractivity contribution in [2.75, 3.05) is 26.7 Å². The van der Waals surface area contributed by atoms with Crippen LogP contribution in [0.2, 0.25) is 0 Å². The van der Waals surface area contributed by atoms with Gasteiger partial charge in [-0.3, -0.25) is 4.79 Å². The molecule has 1 N–H and O–H groups in total. The highest BCUT2D eigenvalue weighted by atomic mass is 16.1. The van der Waals surface area contributed by atoms with Gasteiger partial charge < -0.3 is 10.2 Å². The van der Waals surface area contributed by atoms with Crippen molar-refractivity contribution in [1.82, 2.24) is 10.2 Å². The summed E-state index contributed by atoms with van der Waals surface area (Å²) in [4.78, 5) is 13.7. The monoisotopic (exact) mass is 212 g/mol. The number of rotatable bonds is 5. The Kier molecular flexibility index (Phi) is 5.69. The predicted octanol–water partition coefficient (Wildman–Crippen LogP) is 1.63. The van der Waals surface area contributed by atoms with Gasteiger partial charge in [0.05, 0.1) is 0 Å². The van der Waals surface area contributed by atoms with Gasteiger partial charge in [0.25, 0.3) is 0 Å². The third kappa shape index (κ3) is 5.17. The summed E-state index contributed by atoms with van der Waals surface area (Å²) in [5.41, 5.74) is 0. The van der Waals surface area contributed by atoms with Gasteiger partial charge >= 0.3 is 0 Å². The zero-order valence-electron chi connectivity index (χ0n) is 10.1. The number of amides is 1. The average molecular weight is 212 g/mol. The van der Waals surface area contributed by atoms with E-state index in [2.05, 4.69) is 24.2 Å². The van der Waals surface area contributed by atoms with Crippen molar-refractivity contribution >= 4 is 5.91 Å². The summed E-state index contributed by atoms with van der Waals surface area (Å²) in [7, 11) is 2.16. The van der Waals surface area contributed by atoms with Crippen LogP contribution < -0.4 is 5.32 Å². The molecule has 1 aliphatic rings. The molecule has 1 rings (SSSR count). The van der Waals surface area contributed by atoms with E-state index in [1.807, 2.05) is 0 Å². The number of hydrogen-bond donors (Lipinski definition) is 1. The molecule has 0 radical (unpaired) electrons. The standard InChI is InChI=1S/C12H24N2O/c1-3-4-5-12(15)13-10-11-6-8-14(2)9-7-11/h11H,3-10H2,1-2H3,(H,13,15). The van der Waals surface area contributed by atoms with Crippen LogP contribution >= 0.6 is 0 Å². The molecule has 1 heterocycles. The Labute approximate surface area is 93.2 Å². The molecule has 0 saturated carbocycles. The van der Waals surface area contributed by atoms with E-state index in [0.717, 1.165) is 19.4 Å². The predicted molar refractivity (Wildman–Crippen MR) is 62.8 cm³/mol. The van der Waals surface area contributed by atoms with Crippen LogP contribution in [0.15, 0.2) is 0 Å². The minimum Gasteiger partial charge on any atom is -0.356 e. The van der Waals surface area contributed by atoms with Crippen LogP contribution in [0.4, 0.5) is 0 Å². The number of likely N-dealkylation sites (tertiary alicyclic amines) is 1. The first-order chi connectivity index (χ1) is 7.22. The second kappa shape index (κ2) is 6.83. The molecule has 0 bridgehead atoms. The maximum absolute atomic E-state index is 11.4. The van der Waals surface area contributed by atoms with Gasteiger partial charge in [0.2, 0.25) is 5.91 Å². The molecule has 0 aromatic rings. The molecule has 0 aliphatic carbocycles. The second-order valence-electron chi connectivity index (χ2n) is 4.65. The molecule has 0 aromatic carbocycles. The van der Waals surface area contributed by atoms with E-state index < -0.39 is 0 Å². The second-order valence-corrected chi connectivity index (χ2v) is 4.65. The van der Waals surface area contributed by atoms with E-state index >= 15 is 0 Å². The zero-order valence-corrected chi connectivity index (χ0v) is 10.1. The quantitative estimate of drug-likeness (QED) is 0.751. The summed E-state index contributed by atoms with van der Waals surface area (Å²) in [6.45, 7) is 5.35. The molecule has 15 heavy (non-hydrogen) atoms. The Hall–Kier alpha value is -0.570. The van der Waals surface area contributed by atoms with E-state index in [9.17, 15) is 4.79 Å². The van der Waals surface area contributed by atoms with Crippen molar-refractivity contribution in [3.05, 3.63) is 0 Å². The first kappa shape index (κ1) is 12.5. The Morgan fingerprint density at radius 2 is 2.07 bits per heavy atom. The topological polar surface area (TPSA) is 32.3 Å². The molecular formula is C12H24N2O. The highest BCUT2D eigenvalue weighted by Gasteiger charge is 2.16. The van der Waals surface area contributed by atoms with Gasteiger partial charge in [0.15, 0.2) is 0 Å². The number of hydrogen-bond acceptors (Lipinski definition) is 2. The van der Waals surface area contributed by atoms with Crippen molar-refractivity contribution in [1.29, 1.82) is 0 Å². The third-order valence-electron chi connectivity index (χ3n) is 3.18. The summed E-state index contributed by atoms with van der Waals surface area (Å²) in [5.74, 6) is 0.933. The van der Waals surface area contributed by atoms with Gasteiger partial charge in [-0.15, -0.1) is 0 Å². The Morgan fingerprint density at radius 1 is 1.40 bits per heavy atom. The lowest BCUT2D eigenvalue weighted by Gasteiger charge is -2.28. The van der Waals surface area contributed by atoms with Crippen molar-refractivity contribution < 1.29 is 4.79 Å². The maximum Gasteiger partial charge on any atom is 0.220 e. The van der Waals surface area contributed by atoms with Crippen molar-refractivity contribution in [2.45, 2.75) is 39.0 Å². The number of carbonyl (C=O) groups is 1. The smallest absolute Gasteiger partial charge is 0.220 e. The van der Waals surface area contributed by atoms with Crippen LogP contribution in [0.5, 0.6) is 0 Å². The van der Waals surface area contributed by atoms with Crippen LogP contribution in [-0.4, -0.2) is 37.5 Å². The van der Waals surface area contributed by atoms with Gasteiger partial charge in [0, 0.05) is 13.0 Å². The molecular weight excluding hydrogens is 188 g/mol. The highest BCUT2D eigenvalue weighted by Crippen LogP contribution is 2.14. The Balaban J connectivity index is 2.06. The number of nitrogens with one attached hydrogen (secondary N) is 1. The molecule has 0 spiro atoms. The van der Waals surface area contributed by atoms with Gasteiger partial charge in [-0.05, 0) is 45.3 Å². The first-order valence-corrected chi connectivity index (χ1v) is 6.17. The van der Waals surface area contributed by atoms with E-state index in [-0.39, 0.29) is 5.91 Å². The maximum atomic E-state index is 11.4. The summed E-state index contributed by atoms with van der Waals surface area (Å²) >= 11 is 0. The summed E-state index contributed by atoms with van der Waals surface area (Å²) in [6.07, 6.45) is 5.26. The normalized spacial score (nSPS) is 19.1. The van der Waals surface area contributed by atoms with Gasteiger partial charge in [0.1, 0.15) is 0 Å². The van der Waals surface area contributed by atoms with Crippen LogP contribution in [-0.2, 0) is 4.79 Å². The van der Waals surface area contributed by atoms with Crippen LogP contribution in [0, 0.1) is 5.92 Å². The van der Waals surface area contributed by atoms with Crippen LogP contribution in [0.1, 0.15) is 39.0 Å². The first-order valence-electron chi connectivity index (χ1n) is 6.17. The summed E-state index contributed by atoms with van der Waals surface area (Å²) in [5, 5.41) is 3.04. The molecule has 1 saturated heterocycles. The Bertz CT molecular complexity index is 186. The summed E-state index contributed by atoms with van der Waals surface area (Å²) in [6, 6.07) is 0. The average Bonchev–Trinajstić information content (AvgIpc) is 2.25. The molecule has 0 atom stereocenters. The Morgan fingerprint density at radius 3 is 2.67 bits per heavy atom. The lowest BCUT2D eigenvalue weighted by atomic mass is 9.97. The molecule has 3 nitrogen and oxygen atoms in total.